The van der Waals surface area contributed by atoms with Gasteiger partial charge in [-0.15, -0.1) is 0 Å². The predicted octanol–water partition coefficient (Wildman–Crippen LogP) is 0.493. The van der Waals surface area contributed by atoms with Gasteiger partial charge in [-0.2, -0.15) is 5.10 Å². The minimum Gasteiger partial charge on any atom is -0.335 e. The Morgan fingerprint density at radius 2 is 1.76 bits per heavy atom. The Kier molecular flexibility index (Phi) is 6.63. The van der Waals surface area contributed by atoms with Crippen LogP contribution in [0.3, 0.4) is 0 Å². The third kappa shape index (κ3) is 6.07. The van der Waals surface area contributed by atoms with Crippen molar-refractivity contribution in [2.75, 3.05) is 44.7 Å². The number of hydrazone groups is 1. The van der Waals surface area contributed by atoms with Crippen LogP contribution in [-0.2, 0) is 26.0 Å². The van der Waals surface area contributed by atoms with Crippen molar-refractivity contribution in [1.82, 2.24) is 14.8 Å². The Morgan fingerprint density at radius 1 is 1.10 bits per heavy atom. The monoisotopic (exact) mass is 424 g/mol. The van der Waals surface area contributed by atoms with E-state index in [-0.39, 0.29) is 36.4 Å². The maximum atomic E-state index is 13.1. The van der Waals surface area contributed by atoms with Crippen molar-refractivity contribution < 1.29 is 22.4 Å². The first-order valence-electron chi connectivity index (χ1n) is 9.53. The summed E-state index contributed by atoms with van der Waals surface area (Å²) in [5.41, 5.74) is 1.08. The van der Waals surface area contributed by atoms with Crippen molar-refractivity contribution in [1.29, 1.82) is 0 Å². The molecule has 0 unspecified atom stereocenters. The zero-order valence-electron chi connectivity index (χ0n) is 16.4. The summed E-state index contributed by atoms with van der Waals surface area (Å²) in [5.74, 6) is -0.608. The van der Waals surface area contributed by atoms with Crippen LogP contribution in [0.4, 0.5) is 4.39 Å². The predicted molar refractivity (Wildman–Crippen MR) is 106 cm³/mol. The highest BCUT2D eigenvalue weighted by Crippen LogP contribution is 2.16. The standard InChI is InChI=1S/C19H25FN4O4S/c1-29(27,28)13-12-22-8-10-23(11-9-22)19(26)17-6-7-18(25)24(21-17)14-15-2-4-16(20)5-3-15/h2-5H,6-14H2,1H3. The lowest BCUT2D eigenvalue weighted by molar-refractivity contribution is -0.132. The molecule has 1 aromatic carbocycles. The summed E-state index contributed by atoms with van der Waals surface area (Å²) in [7, 11) is -3.01. The number of carbonyl (C=O) groups is 2. The summed E-state index contributed by atoms with van der Waals surface area (Å²) >= 11 is 0. The number of piperazine rings is 1. The quantitative estimate of drug-likeness (QED) is 0.663. The van der Waals surface area contributed by atoms with Crippen molar-refractivity contribution in [3.63, 3.8) is 0 Å². The van der Waals surface area contributed by atoms with Crippen LogP contribution in [0, 0.1) is 5.82 Å². The van der Waals surface area contributed by atoms with Crippen LogP contribution >= 0.6 is 0 Å². The second-order valence-corrected chi connectivity index (χ2v) is 9.65. The molecule has 0 N–H and O–H groups in total. The first-order valence-corrected chi connectivity index (χ1v) is 11.6. The van der Waals surface area contributed by atoms with E-state index in [9.17, 15) is 22.4 Å². The molecule has 0 aromatic heterocycles. The summed E-state index contributed by atoms with van der Waals surface area (Å²) in [6.07, 6.45) is 1.72. The largest absolute Gasteiger partial charge is 0.335 e. The summed E-state index contributed by atoms with van der Waals surface area (Å²) in [6, 6.07) is 5.82. The molecule has 3 rings (SSSR count). The van der Waals surface area contributed by atoms with Gasteiger partial charge in [-0.1, -0.05) is 12.1 Å². The molecule has 29 heavy (non-hydrogen) atoms. The van der Waals surface area contributed by atoms with Gasteiger partial charge in [-0.05, 0) is 17.7 Å². The fraction of sp³-hybridized carbons (Fsp3) is 0.526. The number of sulfone groups is 1. The molecule has 0 saturated carbocycles. The van der Waals surface area contributed by atoms with Gasteiger partial charge >= 0.3 is 0 Å². The Labute approximate surface area is 169 Å². The van der Waals surface area contributed by atoms with Gasteiger partial charge < -0.3 is 4.90 Å². The third-order valence-electron chi connectivity index (χ3n) is 5.04. The maximum absolute atomic E-state index is 13.1. The van der Waals surface area contributed by atoms with E-state index in [0.717, 1.165) is 5.56 Å². The van der Waals surface area contributed by atoms with Crippen molar-refractivity contribution in [2.24, 2.45) is 5.10 Å². The minimum atomic E-state index is -3.01. The van der Waals surface area contributed by atoms with E-state index in [1.807, 2.05) is 4.90 Å². The van der Waals surface area contributed by atoms with Crippen molar-refractivity contribution >= 4 is 27.4 Å². The van der Waals surface area contributed by atoms with Gasteiger partial charge in [0.05, 0.1) is 12.3 Å². The number of hydrogen-bond acceptors (Lipinski definition) is 6. The molecule has 8 nitrogen and oxygen atoms in total. The molecule has 0 aliphatic carbocycles. The zero-order chi connectivity index (χ0) is 21.0. The molecule has 1 aromatic rings. The first-order chi connectivity index (χ1) is 13.7. The highest BCUT2D eigenvalue weighted by atomic mass is 32.2. The Bertz CT molecular complexity index is 893. The van der Waals surface area contributed by atoms with Gasteiger partial charge in [0.25, 0.3) is 5.91 Å². The van der Waals surface area contributed by atoms with E-state index < -0.39 is 9.84 Å². The van der Waals surface area contributed by atoms with E-state index >= 15 is 0 Å². The van der Waals surface area contributed by atoms with Gasteiger partial charge in [0.15, 0.2) is 0 Å². The lowest BCUT2D eigenvalue weighted by Gasteiger charge is -2.35. The number of benzene rings is 1. The van der Waals surface area contributed by atoms with Crippen molar-refractivity contribution in [3.05, 3.63) is 35.6 Å². The highest BCUT2D eigenvalue weighted by Gasteiger charge is 2.29. The Hall–Kier alpha value is -2.33. The zero-order valence-corrected chi connectivity index (χ0v) is 17.2. The number of halogens is 1. The van der Waals surface area contributed by atoms with Gasteiger partial charge in [0.2, 0.25) is 5.91 Å². The van der Waals surface area contributed by atoms with Crippen LogP contribution < -0.4 is 0 Å². The molecule has 2 aliphatic rings. The molecule has 0 spiro atoms. The summed E-state index contributed by atoms with van der Waals surface area (Å²) in [6.45, 7) is 2.84. The maximum Gasteiger partial charge on any atom is 0.270 e. The van der Waals surface area contributed by atoms with Crippen LogP contribution in [0.15, 0.2) is 29.4 Å². The lowest BCUT2D eigenvalue weighted by Crippen LogP contribution is -2.52. The normalized spacial score (nSPS) is 18.7. The molecule has 2 heterocycles. The molecule has 1 fully saturated rings. The SMILES string of the molecule is CS(=O)(=O)CCN1CCN(C(=O)C2=NN(Cc3ccc(F)cc3)C(=O)CC2)CC1. The molecular formula is C19H25FN4O4S. The fourth-order valence-corrected chi connectivity index (χ4v) is 3.88. The molecule has 2 aliphatic heterocycles. The van der Waals surface area contributed by atoms with Gasteiger partial charge in [-0.25, -0.2) is 17.8 Å². The Balaban J connectivity index is 1.58. The van der Waals surface area contributed by atoms with Crippen molar-refractivity contribution in [3.8, 4) is 0 Å². The average molecular weight is 424 g/mol. The van der Waals surface area contributed by atoms with E-state index in [2.05, 4.69) is 5.10 Å². The first kappa shape index (κ1) is 21.4. The molecule has 0 atom stereocenters. The number of hydrogen-bond donors (Lipinski definition) is 0. The number of carbonyl (C=O) groups excluding carboxylic acids is 2. The molecule has 0 radical (unpaired) electrons. The average Bonchev–Trinajstić information content (AvgIpc) is 2.69. The van der Waals surface area contributed by atoms with Crippen LogP contribution in [0.2, 0.25) is 0 Å². The molecule has 0 bridgehead atoms. The topological polar surface area (TPSA) is 90.4 Å². The molecule has 2 amide bonds. The van der Waals surface area contributed by atoms with Gasteiger partial charge in [0, 0.05) is 51.8 Å². The fourth-order valence-electron chi connectivity index (χ4n) is 3.29. The van der Waals surface area contributed by atoms with Crippen molar-refractivity contribution in [2.45, 2.75) is 19.4 Å². The van der Waals surface area contributed by atoms with Gasteiger partial charge in [-0.3, -0.25) is 14.5 Å². The van der Waals surface area contributed by atoms with E-state index in [0.29, 0.717) is 44.9 Å². The van der Waals surface area contributed by atoms with Crippen LogP contribution in [0.1, 0.15) is 18.4 Å². The number of nitrogens with zero attached hydrogens (tertiary/aromatic N) is 4. The molecule has 1 saturated heterocycles. The number of rotatable bonds is 6. The molecule has 10 heteroatoms. The van der Waals surface area contributed by atoms with Crippen LogP contribution in [0.25, 0.3) is 0 Å². The van der Waals surface area contributed by atoms with Crippen LogP contribution in [0.5, 0.6) is 0 Å². The highest BCUT2D eigenvalue weighted by molar-refractivity contribution is 7.90. The second-order valence-electron chi connectivity index (χ2n) is 7.39. The summed E-state index contributed by atoms with van der Waals surface area (Å²) < 4.78 is 35.7. The van der Waals surface area contributed by atoms with Crippen LogP contribution in [-0.4, -0.2) is 85.5 Å². The van der Waals surface area contributed by atoms with E-state index in [1.165, 1.54) is 23.4 Å². The summed E-state index contributed by atoms with van der Waals surface area (Å²) in [4.78, 5) is 28.7. The van der Waals surface area contributed by atoms with E-state index in [1.54, 1.807) is 17.0 Å². The second kappa shape index (κ2) is 9.00. The summed E-state index contributed by atoms with van der Waals surface area (Å²) in [5, 5.41) is 5.54. The molecule has 158 valence electrons. The third-order valence-corrected chi connectivity index (χ3v) is 5.96. The smallest absolute Gasteiger partial charge is 0.270 e. The van der Waals surface area contributed by atoms with E-state index in [4.69, 9.17) is 0 Å². The minimum absolute atomic E-state index is 0.105. The lowest BCUT2D eigenvalue weighted by atomic mass is 10.1. The molecular weight excluding hydrogens is 399 g/mol. The Morgan fingerprint density at radius 3 is 2.38 bits per heavy atom. The van der Waals surface area contributed by atoms with Gasteiger partial charge in [0.1, 0.15) is 21.4 Å². The number of amides is 2.